The lowest BCUT2D eigenvalue weighted by Crippen LogP contribution is -2.44. The highest BCUT2D eigenvalue weighted by molar-refractivity contribution is 7.80. The lowest BCUT2D eigenvalue weighted by molar-refractivity contribution is -0.0738. The number of rotatable bonds is 4. The standard InChI is InChI=1S/C10H15N7O5S/c1-10-4-16(9(18)17(10)22-23(19,20)21)6(3-13-8(11)12)7-5(10)2-14-15-7/h2,6H,3-4H2,1H3,(H,14,15)(H4,11,12,13)(H,19,20,21). The summed E-state index contributed by atoms with van der Waals surface area (Å²) in [6.07, 6.45) is 1.47. The summed E-state index contributed by atoms with van der Waals surface area (Å²) in [5, 5.41) is 7.32. The Bertz CT molecular complexity index is 785. The molecular weight excluding hydrogens is 330 g/mol. The van der Waals surface area contributed by atoms with Crippen LogP contribution in [0.15, 0.2) is 11.2 Å². The molecule has 23 heavy (non-hydrogen) atoms. The number of aromatic amines is 1. The summed E-state index contributed by atoms with van der Waals surface area (Å²) in [5.41, 5.74) is 10.6. The Morgan fingerprint density at radius 3 is 2.96 bits per heavy atom. The summed E-state index contributed by atoms with van der Waals surface area (Å²) in [4.78, 5) is 17.7. The number of fused-ring (bicyclic) bond motifs is 4. The van der Waals surface area contributed by atoms with Gasteiger partial charge in [-0.25, -0.2) is 4.79 Å². The number of aromatic nitrogens is 2. The van der Waals surface area contributed by atoms with Crippen LogP contribution in [0.1, 0.15) is 24.2 Å². The van der Waals surface area contributed by atoms with Crippen molar-refractivity contribution in [2.45, 2.75) is 18.5 Å². The number of hydrogen-bond acceptors (Lipinski definition) is 6. The van der Waals surface area contributed by atoms with Gasteiger partial charge in [0.25, 0.3) is 0 Å². The van der Waals surface area contributed by atoms with Crippen LogP contribution in [0.3, 0.4) is 0 Å². The Morgan fingerprint density at radius 2 is 2.35 bits per heavy atom. The second-order valence-corrected chi connectivity index (χ2v) is 6.46. The highest BCUT2D eigenvalue weighted by Gasteiger charge is 2.58. The van der Waals surface area contributed by atoms with E-state index in [2.05, 4.69) is 19.5 Å². The van der Waals surface area contributed by atoms with Crippen molar-refractivity contribution in [3.05, 3.63) is 17.5 Å². The number of urea groups is 1. The monoisotopic (exact) mass is 345 g/mol. The van der Waals surface area contributed by atoms with E-state index in [0.29, 0.717) is 16.3 Å². The summed E-state index contributed by atoms with van der Waals surface area (Å²) in [5.74, 6) is -0.142. The summed E-state index contributed by atoms with van der Waals surface area (Å²) < 4.78 is 35.5. The van der Waals surface area contributed by atoms with E-state index in [1.807, 2.05) is 0 Å². The number of amides is 2. The molecular formula is C10H15N7O5S. The molecule has 2 amide bonds. The number of H-pyrrole nitrogens is 1. The van der Waals surface area contributed by atoms with Gasteiger partial charge in [-0.3, -0.25) is 14.6 Å². The first kappa shape index (κ1) is 15.5. The smallest absolute Gasteiger partial charge is 0.370 e. The van der Waals surface area contributed by atoms with Gasteiger partial charge in [-0.15, -0.1) is 4.28 Å². The molecule has 1 fully saturated rings. The van der Waals surface area contributed by atoms with Gasteiger partial charge in [0, 0.05) is 5.56 Å². The molecule has 0 radical (unpaired) electrons. The number of nitrogens with one attached hydrogen (secondary N) is 1. The largest absolute Gasteiger partial charge is 0.418 e. The molecule has 2 aliphatic rings. The van der Waals surface area contributed by atoms with Crippen LogP contribution in [-0.2, 0) is 20.2 Å². The van der Waals surface area contributed by atoms with Crippen molar-refractivity contribution < 1.29 is 22.0 Å². The molecule has 13 heteroatoms. The Hall–Kier alpha value is -2.38. The van der Waals surface area contributed by atoms with Crippen LogP contribution in [0.25, 0.3) is 0 Å². The van der Waals surface area contributed by atoms with Crippen LogP contribution < -0.4 is 11.5 Å². The fourth-order valence-electron chi connectivity index (χ4n) is 2.95. The molecule has 0 aromatic carbocycles. The molecule has 3 heterocycles. The average Bonchev–Trinajstić information content (AvgIpc) is 2.98. The SMILES string of the molecule is CC12CN(C(=O)N1OS(=O)(=O)O)C(CN=C(N)N)c1[nH]ncc12. The number of nitrogens with two attached hydrogens (primary N) is 2. The molecule has 0 spiro atoms. The van der Waals surface area contributed by atoms with Crippen molar-refractivity contribution in [3.8, 4) is 0 Å². The van der Waals surface area contributed by atoms with Gasteiger partial charge < -0.3 is 16.4 Å². The van der Waals surface area contributed by atoms with Gasteiger partial charge in [0.05, 0.1) is 31.0 Å². The normalized spacial score (nSPS) is 26.3. The molecule has 2 atom stereocenters. The van der Waals surface area contributed by atoms with Gasteiger partial charge in [-0.1, -0.05) is 0 Å². The van der Waals surface area contributed by atoms with Crippen molar-refractivity contribution in [2.75, 3.05) is 13.1 Å². The van der Waals surface area contributed by atoms with Gasteiger partial charge in [0.2, 0.25) is 0 Å². The maximum absolute atomic E-state index is 12.5. The highest BCUT2D eigenvalue weighted by Crippen LogP contribution is 2.47. The number of aliphatic imine (C=N–C) groups is 1. The topological polar surface area (TPSA) is 180 Å². The van der Waals surface area contributed by atoms with Gasteiger partial charge >= 0.3 is 16.4 Å². The second-order valence-electron chi connectivity index (χ2n) is 5.46. The maximum Gasteiger partial charge on any atom is 0.418 e. The molecule has 0 aliphatic carbocycles. The second kappa shape index (κ2) is 4.81. The zero-order valence-corrected chi connectivity index (χ0v) is 12.8. The first-order valence-electron chi connectivity index (χ1n) is 6.50. The molecule has 126 valence electrons. The van der Waals surface area contributed by atoms with Crippen molar-refractivity contribution in [3.63, 3.8) is 0 Å². The van der Waals surface area contributed by atoms with Crippen LogP contribution in [0.5, 0.6) is 0 Å². The molecule has 2 bridgehead atoms. The van der Waals surface area contributed by atoms with E-state index in [-0.39, 0.29) is 19.0 Å². The first-order valence-corrected chi connectivity index (χ1v) is 7.87. The maximum atomic E-state index is 12.5. The van der Waals surface area contributed by atoms with Gasteiger partial charge in [0.1, 0.15) is 5.54 Å². The third-order valence-electron chi connectivity index (χ3n) is 3.92. The fourth-order valence-corrected chi connectivity index (χ4v) is 3.37. The quantitative estimate of drug-likeness (QED) is 0.287. The Labute approximate surface area is 131 Å². The van der Waals surface area contributed by atoms with E-state index in [1.54, 1.807) is 6.92 Å². The molecule has 1 aromatic heterocycles. The zero-order valence-electron chi connectivity index (χ0n) is 12.0. The minimum Gasteiger partial charge on any atom is -0.370 e. The highest BCUT2D eigenvalue weighted by atomic mass is 32.3. The lowest BCUT2D eigenvalue weighted by atomic mass is 9.87. The van der Waals surface area contributed by atoms with E-state index >= 15 is 0 Å². The molecule has 1 saturated heterocycles. The third-order valence-corrected chi connectivity index (χ3v) is 4.26. The molecule has 2 unspecified atom stereocenters. The minimum absolute atomic E-state index is 0.0685. The van der Waals surface area contributed by atoms with Crippen LogP contribution >= 0.6 is 0 Å². The summed E-state index contributed by atoms with van der Waals surface area (Å²) >= 11 is 0. The van der Waals surface area contributed by atoms with Crippen LogP contribution in [0, 0.1) is 0 Å². The van der Waals surface area contributed by atoms with E-state index < -0.39 is 28.0 Å². The van der Waals surface area contributed by atoms with E-state index in [4.69, 9.17) is 16.0 Å². The molecule has 0 saturated carbocycles. The number of hydroxylamine groups is 2. The molecule has 1 aromatic rings. The fraction of sp³-hybridized carbons (Fsp3) is 0.500. The van der Waals surface area contributed by atoms with Crippen molar-refractivity contribution in [2.24, 2.45) is 16.5 Å². The van der Waals surface area contributed by atoms with E-state index in [9.17, 15) is 13.2 Å². The molecule has 2 aliphatic heterocycles. The van der Waals surface area contributed by atoms with Crippen molar-refractivity contribution in [1.82, 2.24) is 20.2 Å². The number of nitrogens with zero attached hydrogens (tertiary/aromatic N) is 4. The van der Waals surface area contributed by atoms with Crippen molar-refractivity contribution >= 4 is 22.4 Å². The van der Waals surface area contributed by atoms with E-state index in [1.165, 1.54) is 11.1 Å². The number of guanidine groups is 1. The van der Waals surface area contributed by atoms with Gasteiger partial charge in [-0.05, 0) is 6.92 Å². The third kappa shape index (κ3) is 2.38. The number of carbonyl (C=O) groups is 1. The van der Waals surface area contributed by atoms with Crippen LogP contribution in [-0.4, -0.2) is 58.2 Å². The molecule has 12 nitrogen and oxygen atoms in total. The summed E-state index contributed by atoms with van der Waals surface area (Å²) in [7, 11) is -4.87. The van der Waals surface area contributed by atoms with Crippen molar-refractivity contribution in [1.29, 1.82) is 0 Å². The average molecular weight is 345 g/mol. The minimum atomic E-state index is -4.87. The first-order chi connectivity index (χ1) is 10.6. The van der Waals surface area contributed by atoms with Crippen LogP contribution in [0.2, 0.25) is 0 Å². The predicted molar refractivity (Wildman–Crippen MR) is 75.9 cm³/mol. The summed E-state index contributed by atoms with van der Waals surface area (Å²) in [6.45, 7) is 1.79. The molecule has 3 rings (SSSR count). The van der Waals surface area contributed by atoms with Gasteiger partial charge in [0.15, 0.2) is 5.96 Å². The van der Waals surface area contributed by atoms with E-state index in [0.717, 1.165) is 0 Å². The Morgan fingerprint density at radius 1 is 1.65 bits per heavy atom. The summed E-state index contributed by atoms with van der Waals surface area (Å²) in [6, 6.07) is -1.30. The molecule has 6 N–H and O–H groups in total. The number of carbonyl (C=O) groups excluding carboxylic acids is 1. The lowest BCUT2D eigenvalue weighted by Gasteiger charge is -2.35. The van der Waals surface area contributed by atoms with Gasteiger partial charge in [-0.2, -0.15) is 18.6 Å². The zero-order chi connectivity index (χ0) is 17.0. The predicted octanol–water partition coefficient (Wildman–Crippen LogP) is -1.57. The Balaban J connectivity index is 2.06. The number of hydrogen-bond donors (Lipinski definition) is 4. The Kier molecular flexibility index (Phi) is 3.24. The van der Waals surface area contributed by atoms with Crippen LogP contribution in [0.4, 0.5) is 4.79 Å².